The standard InChI is InChI=1S/C36H23F2NO/c1-22-2-15-34-35(16-22)40-36(39-34)26-9-7-24(8-10-26)28-12-14-29-17-27(11-13-30(29)18-28)23-3-5-25(6-4-23)31-19-32(37)21-33(38)20-31/h2-21H,1H3. The van der Waals surface area contributed by atoms with E-state index in [-0.39, 0.29) is 0 Å². The Morgan fingerprint density at radius 1 is 0.475 bits per heavy atom. The predicted octanol–water partition coefficient (Wildman–Crippen LogP) is 10.2. The molecule has 0 atom stereocenters. The molecule has 0 unspecified atom stereocenters. The summed E-state index contributed by atoms with van der Waals surface area (Å²) < 4.78 is 33.2. The lowest BCUT2D eigenvalue weighted by molar-refractivity contribution is 0.584. The number of rotatable bonds is 4. The van der Waals surface area contributed by atoms with Crippen molar-refractivity contribution in [1.29, 1.82) is 0 Å². The molecule has 0 bridgehead atoms. The molecule has 0 N–H and O–H groups in total. The molecule has 2 nitrogen and oxygen atoms in total. The van der Waals surface area contributed by atoms with Crippen molar-refractivity contribution < 1.29 is 13.2 Å². The summed E-state index contributed by atoms with van der Waals surface area (Å²) in [6, 6.07) is 38.4. The fourth-order valence-corrected chi connectivity index (χ4v) is 5.14. The van der Waals surface area contributed by atoms with Crippen LogP contribution < -0.4 is 0 Å². The lowest BCUT2D eigenvalue weighted by atomic mass is 9.96. The number of oxazole rings is 1. The van der Waals surface area contributed by atoms with E-state index in [9.17, 15) is 8.78 Å². The van der Waals surface area contributed by atoms with Gasteiger partial charge in [0.15, 0.2) is 5.58 Å². The Kier molecular flexibility index (Phi) is 5.75. The molecule has 7 aromatic rings. The Bertz CT molecular complexity index is 2000. The first-order chi connectivity index (χ1) is 19.5. The molecule has 0 spiro atoms. The zero-order valence-electron chi connectivity index (χ0n) is 21.7. The molecule has 7 rings (SSSR count). The number of fused-ring (bicyclic) bond motifs is 2. The molecule has 0 aliphatic heterocycles. The van der Waals surface area contributed by atoms with Crippen LogP contribution in [-0.4, -0.2) is 4.98 Å². The zero-order chi connectivity index (χ0) is 27.2. The van der Waals surface area contributed by atoms with Crippen LogP contribution in [0.3, 0.4) is 0 Å². The van der Waals surface area contributed by atoms with Crippen LogP contribution in [0.1, 0.15) is 5.56 Å². The summed E-state index contributed by atoms with van der Waals surface area (Å²) in [6.07, 6.45) is 0. The average Bonchev–Trinajstić information content (AvgIpc) is 3.40. The first-order valence-corrected chi connectivity index (χ1v) is 13.1. The van der Waals surface area contributed by atoms with Crippen molar-refractivity contribution in [2.45, 2.75) is 6.92 Å². The molecule has 0 radical (unpaired) electrons. The van der Waals surface area contributed by atoms with E-state index in [2.05, 4.69) is 53.5 Å². The van der Waals surface area contributed by atoms with Crippen molar-refractivity contribution in [3.05, 3.63) is 139 Å². The second kappa shape index (κ2) is 9.58. The monoisotopic (exact) mass is 523 g/mol. The van der Waals surface area contributed by atoms with E-state index < -0.39 is 11.6 Å². The van der Waals surface area contributed by atoms with Gasteiger partial charge < -0.3 is 4.42 Å². The summed E-state index contributed by atoms with van der Waals surface area (Å²) in [5.74, 6) is -0.543. The predicted molar refractivity (Wildman–Crippen MR) is 158 cm³/mol. The van der Waals surface area contributed by atoms with Crippen LogP contribution in [0.2, 0.25) is 0 Å². The number of halogens is 2. The van der Waals surface area contributed by atoms with Gasteiger partial charge >= 0.3 is 0 Å². The highest BCUT2D eigenvalue weighted by Gasteiger charge is 2.10. The van der Waals surface area contributed by atoms with Crippen LogP contribution in [0.15, 0.2) is 126 Å². The normalized spacial score (nSPS) is 11.4. The Hall–Kier alpha value is -5.09. The first kappa shape index (κ1) is 24.0. The number of nitrogens with zero attached hydrogens (tertiary/aromatic N) is 1. The number of benzene rings is 6. The van der Waals surface area contributed by atoms with E-state index in [0.29, 0.717) is 11.5 Å². The minimum Gasteiger partial charge on any atom is -0.436 e. The summed E-state index contributed by atoms with van der Waals surface area (Å²) in [4.78, 5) is 4.63. The van der Waals surface area contributed by atoms with Crippen molar-refractivity contribution in [2.75, 3.05) is 0 Å². The molecule has 4 heteroatoms. The van der Waals surface area contributed by atoms with Crippen molar-refractivity contribution in [3.8, 4) is 44.8 Å². The van der Waals surface area contributed by atoms with E-state index in [4.69, 9.17) is 4.42 Å². The van der Waals surface area contributed by atoms with Gasteiger partial charge in [-0.3, -0.25) is 0 Å². The smallest absolute Gasteiger partial charge is 0.227 e. The molecule has 1 heterocycles. The molecule has 192 valence electrons. The van der Waals surface area contributed by atoms with E-state index in [1.54, 1.807) is 0 Å². The molecule has 0 aliphatic carbocycles. The van der Waals surface area contributed by atoms with E-state index in [1.165, 1.54) is 12.1 Å². The maximum Gasteiger partial charge on any atom is 0.227 e. The Labute approximate surface area is 230 Å². The third-order valence-electron chi connectivity index (χ3n) is 7.26. The second-order valence-electron chi connectivity index (χ2n) is 10.1. The molecule has 0 saturated heterocycles. The van der Waals surface area contributed by atoms with E-state index in [1.807, 2.05) is 61.5 Å². The van der Waals surface area contributed by atoms with Gasteiger partial charge in [-0.25, -0.2) is 13.8 Å². The van der Waals surface area contributed by atoms with Gasteiger partial charge in [-0.2, -0.15) is 0 Å². The Morgan fingerprint density at radius 3 is 1.55 bits per heavy atom. The summed E-state index contributed by atoms with van der Waals surface area (Å²) >= 11 is 0. The van der Waals surface area contributed by atoms with Crippen LogP contribution >= 0.6 is 0 Å². The molecular formula is C36H23F2NO. The van der Waals surface area contributed by atoms with Crippen molar-refractivity contribution in [1.82, 2.24) is 4.98 Å². The number of aromatic nitrogens is 1. The number of aryl methyl sites for hydroxylation is 1. The fourth-order valence-electron chi connectivity index (χ4n) is 5.14. The highest BCUT2D eigenvalue weighted by atomic mass is 19.1. The molecule has 1 aromatic heterocycles. The van der Waals surface area contributed by atoms with Gasteiger partial charge in [0.05, 0.1) is 0 Å². The summed E-state index contributed by atoms with van der Waals surface area (Å²) in [5, 5.41) is 2.28. The minimum absolute atomic E-state index is 0.520. The van der Waals surface area contributed by atoms with E-state index >= 15 is 0 Å². The topological polar surface area (TPSA) is 26.0 Å². The Balaban J connectivity index is 1.14. The largest absolute Gasteiger partial charge is 0.436 e. The minimum atomic E-state index is -0.581. The third kappa shape index (κ3) is 4.54. The molecule has 40 heavy (non-hydrogen) atoms. The van der Waals surface area contributed by atoms with Gasteiger partial charge in [0, 0.05) is 11.6 Å². The molecule has 0 saturated carbocycles. The maximum absolute atomic E-state index is 13.6. The van der Waals surface area contributed by atoms with Crippen LogP contribution in [0.5, 0.6) is 0 Å². The molecule has 0 aliphatic rings. The lowest BCUT2D eigenvalue weighted by Crippen LogP contribution is -1.85. The third-order valence-corrected chi connectivity index (χ3v) is 7.26. The molecule has 0 amide bonds. The van der Waals surface area contributed by atoms with Crippen LogP contribution in [-0.2, 0) is 0 Å². The first-order valence-electron chi connectivity index (χ1n) is 13.1. The fraction of sp³-hybridized carbons (Fsp3) is 0.0278. The number of hydrogen-bond acceptors (Lipinski definition) is 2. The van der Waals surface area contributed by atoms with Crippen LogP contribution in [0.25, 0.3) is 66.7 Å². The van der Waals surface area contributed by atoms with Crippen molar-refractivity contribution in [3.63, 3.8) is 0 Å². The van der Waals surface area contributed by atoms with Gasteiger partial charge in [-0.05, 0) is 105 Å². The Morgan fingerprint density at radius 2 is 0.975 bits per heavy atom. The zero-order valence-corrected chi connectivity index (χ0v) is 21.7. The van der Waals surface area contributed by atoms with Gasteiger partial charge in [0.2, 0.25) is 5.89 Å². The summed E-state index contributed by atoms with van der Waals surface area (Å²) in [6.45, 7) is 2.04. The molecule has 0 fully saturated rings. The highest BCUT2D eigenvalue weighted by molar-refractivity contribution is 5.91. The van der Waals surface area contributed by atoms with Gasteiger partial charge in [-0.15, -0.1) is 0 Å². The van der Waals surface area contributed by atoms with E-state index in [0.717, 1.165) is 66.9 Å². The second-order valence-corrected chi connectivity index (χ2v) is 10.1. The highest BCUT2D eigenvalue weighted by Crippen LogP contribution is 2.32. The summed E-state index contributed by atoms with van der Waals surface area (Å²) in [7, 11) is 0. The SMILES string of the molecule is Cc1ccc2nc(-c3ccc(-c4ccc5cc(-c6ccc(-c7cc(F)cc(F)c7)cc6)ccc5c4)cc3)oc2c1. The quantitative estimate of drug-likeness (QED) is 0.229. The van der Waals surface area contributed by atoms with Gasteiger partial charge in [0.1, 0.15) is 17.2 Å². The van der Waals surface area contributed by atoms with Gasteiger partial charge in [0.25, 0.3) is 0 Å². The summed E-state index contributed by atoms with van der Waals surface area (Å²) in [5.41, 5.74) is 9.39. The molecule has 6 aromatic carbocycles. The maximum atomic E-state index is 13.6. The van der Waals surface area contributed by atoms with Gasteiger partial charge in [-0.1, -0.05) is 66.7 Å². The lowest BCUT2D eigenvalue weighted by Gasteiger charge is -2.09. The average molecular weight is 524 g/mol. The van der Waals surface area contributed by atoms with Crippen molar-refractivity contribution in [2.24, 2.45) is 0 Å². The van der Waals surface area contributed by atoms with Crippen LogP contribution in [0.4, 0.5) is 8.78 Å². The van der Waals surface area contributed by atoms with Crippen molar-refractivity contribution >= 4 is 21.9 Å². The molecular weight excluding hydrogens is 500 g/mol. The number of hydrogen-bond donors (Lipinski definition) is 0. The van der Waals surface area contributed by atoms with Crippen LogP contribution in [0, 0.1) is 18.6 Å².